The van der Waals surface area contributed by atoms with Crippen LogP contribution in [0.5, 0.6) is 0 Å². The number of carbonyl (C=O) groups is 1. The van der Waals surface area contributed by atoms with Crippen molar-refractivity contribution in [2.45, 2.75) is 30.9 Å². The van der Waals surface area contributed by atoms with Gasteiger partial charge >= 0.3 is 5.97 Å². The van der Waals surface area contributed by atoms with Gasteiger partial charge in [0.05, 0.1) is 16.2 Å². The maximum absolute atomic E-state index is 10.8. The van der Waals surface area contributed by atoms with Crippen LogP contribution < -0.4 is 0 Å². The summed E-state index contributed by atoms with van der Waals surface area (Å²) in [7, 11) is 1.69. The Bertz CT molecular complexity index is 393. The zero-order chi connectivity index (χ0) is 12.9. The summed E-state index contributed by atoms with van der Waals surface area (Å²) in [5, 5.41) is 9.58. The van der Waals surface area contributed by atoms with Gasteiger partial charge in [0.25, 0.3) is 0 Å². The van der Waals surface area contributed by atoms with Gasteiger partial charge in [0.2, 0.25) is 0 Å². The Hall–Kier alpha value is -1.07. The van der Waals surface area contributed by atoms with Crippen LogP contribution in [0.3, 0.4) is 0 Å². The molecule has 1 rings (SSSR count). The van der Waals surface area contributed by atoms with Crippen molar-refractivity contribution in [2.24, 2.45) is 0 Å². The molecule has 0 saturated heterocycles. The molecule has 1 aromatic heterocycles. The van der Waals surface area contributed by atoms with E-state index in [9.17, 15) is 4.79 Å². The molecule has 4 nitrogen and oxygen atoms in total. The van der Waals surface area contributed by atoms with Crippen molar-refractivity contribution in [3.05, 3.63) is 23.9 Å². The number of carboxylic acid groups (broad SMARTS) is 1. The number of rotatable bonds is 6. The number of thioether (sulfide) groups is 1. The average molecular weight is 255 g/mol. The highest BCUT2D eigenvalue weighted by atomic mass is 32.2. The van der Waals surface area contributed by atoms with Crippen LogP contribution in [-0.2, 0) is 4.74 Å². The molecular weight excluding hydrogens is 238 g/mol. The van der Waals surface area contributed by atoms with Gasteiger partial charge in [0.1, 0.15) is 0 Å². The maximum atomic E-state index is 10.8. The van der Waals surface area contributed by atoms with Gasteiger partial charge in [-0.2, -0.15) is 0 Å². The molecule has 0 spiro atoms. The maximum Gasteiger partial charge on any atom is 0.335 e. The van der Waals surface area contributed by atoms with E-state index in [-0.39, 0.29) is 11.2 Å². The molecule has 0 aliphatic rings. The van der Waals surface area contributed by atoms with Crippen molar-refractivity contribution in [2.75, 3.05) is 12.9 Å². The summed E-state index contributed by atoms with van der Waals surface area (Å²) in [6.07, 6.45) is 2.40. The van der Waals surface area contributed by atoms with Crippen LogP contribution >= 0.6 is 11.8 Å². The lowest BCUT2D eigenvalue weighted by Crippen LogP contribution is -2.22. The topological polar surface area (TPSA) is 59.4 Å². The fraction of sp³-hybridized carbons (Fsp3) is 0.500. The Morgan fingerprint density at radius 2 is 2.29 bits per heavy atom. The SMILES string of the molecule is COC(C)(C)CCSc1cc(C(=O)O)ccn1. The zero-order valence-electron chi connectivity index (χ0n) is 10.3. The summed E-state index contributed by atoms with van der Waals surface area (Å²) in [6.45, 7) is 4.04. The quantitative estimate of drug-likeness (QED) is 0.792. The van der Waals surface area contributed by atoms with Crippen molar-refractivity contribution in [3.63, 3.8) is 0 Å². The van der Waals surface area contributed by atoms with Crippen LogP contribution in [-0.4, -0.2) is 34.5 Å². The van der Waals surface area contributed by atoms with Gasteiger partial charge in [-0.25, -0.2) is 9.78 Å². The number of carboxylic acids is 1. The monoisotopic (exact) mass is 255 g/mol. The van der Waals surface area contributed by atoms with E-state index in [0.717, 1.165) is 17.2 Å². The van der Waals surface area contributed by atoms with Crippen LogP contribution in [0, 0.1) is 0 Å². The minimum atomic E-state index is -0.925. The third kappa shape index (κ3) is 4.75. The van der Waals surface area contributed by atoms with Crippen molar-refractivity contribution < 1.29 is 14.6 Å². The summed E-state index contributed by atoms with van der Waals surface area (Å²) in [5.41, 5.74) is 0.116. The largest absolute Gasteiger partial charge is 0.478 e. The van der Waals surface area contributed by atoms with Crippen LogP contribution in [0.1, 0.15) is 30.6 Å². The minimum Gasteiger partial charge on any atom is -0.478 e. The molecule has 0 saturated carbocycles. The third-order valence-electron chi connectivity index (χ3n) is 2.49. The summed E-state index contributed by atoms with van der Waals surface area (Å²) < 4.78 is 5.31. The second-order valence-corrected chi connectivity index (χ2v) is 5.37. The molecule has 0 unspecified atom stereocenters. The lowest BCUT2D eigenvalue weighted by atomic mass is 10.1. The summed E-state index contributed by atoms with van der Waals surface area (Å²) in [4.78, 5) is 14.9. The number of ether oxygens (including phenoxy) is 1. The van der Waals surface area contributed by atoms with Crippen LogP contribution in [0.15, 0.2) is 23.4 Å². The van der Waals surface area contributed by atoms with Crippen LogP contribution in [0.2, 0.25) is 0 Å². The standard InChI is InChI=1S/C12H17NO3S/c1-12(2,16-3)5-7-17-10-8-9(11(14)15)4-6-13-10/h4,6,8H,5,7H2,1-3H3,(H,14,15). The fourth-order valence-corrected chi connectivity index (χ4v) is 2.27. The zero-order valence-corrected chi connectivity index (χ0v) is 11.1. The fourth-order valence-electron chi connectivity index (χ4n) is 1.12. The number of methoxy groups -OCH3 is 1. The molecule has 94 valence electrons. The Labute approximate surface area is 105 Å². The molecule has 1 aromatic rings. The summed E-state index contributed by atoms with van der Waals surface area (Å²) >= 11 is 1.54. The van der Waals surface area contributed by atoms with E-state index in [2.05, 4.69) is 4.98 Å². The predicted octanol–water partition coefficient (Wildman–Crippen LogP) is 2.69. The van der Waals surface area contributed by atoms with Crippen molar-refractivity contribution >= 4 is 17.7 Å². The van der Waals surface area contributed by atoms with Crippen molar-refractivity contribution in [1.29, 1.82) is 0 Å². The second kappa shape index (κ2) is 6.02. The molecular formula is C12H17NO3S. The predicted molar refractivity (Wildman–Crippen MR) is 67.6 cm³/mol. The molecule has 0 bridgehead atoms. The van der Waals surface area contributed by atoms with Gasteiger partial charge in [-0.3, -0.25) is 0 Å². The molecule has 0 fully saturated rings. The van der Waals surface area contributed by atoms with Crippen LogP contribution in [0.25, 0.3) is 0 Å². The molecule has 1 N–H and O–H groups in total. The van der Waals surface area contributed by atoms with E-state index in [1.54, 1.807) is 13.2 Å². The second-order valence-electron chi connectivity index (χ2n) is 4.25. The molecule has 0 aliphatic heterocycles. The Kier molecular flexibility index (Phi) is 4.96. The first kappa shape index (κ1) is 14.0. The Morgan fingerprint density at radius 1 is 1.59 bits per heavy atom. The smallest absolute Gasteiger partial charge is 0.335 e. The van der Waals surface area contributed by atoms with Gasteiger partial charge in [-0.1, -0.05) is 0 Å². The number of hydrogen-bond acceptors (Lipinski definition) is 4. The molecule has 17 heavy (non-hydrogen) atoms. The molecule has 0 radical (unpaired) electrons. The summed E-state index contributed by atoms with van der Waals surface area (Å²) in [6, 6.07) is 3.08. The molecule has 0 aromatic carbocycles. The Morgan fingerprint density at radius 3 is 2.88 bits per heavy atom. The number of hydrogen-bond donors (Lipinski definition) is 1. The number of pyridine rings is 1. The lowest BCUT2D eigenvalue weighted by Gasteiger charge is -2.22. The molecule has 0 aliphatic carbocycles. The first-order valence-electron chi connectivity index (χ1n) is 5.32. The van der Waals surface area contributed by atoms with Gasteiger partial charge in [0, 0.05) is 19.1 Å². The summed E-state index contributed by atoms with van der Waals surface area (Å²) in [5.74, 6) is -0.0804. The highest BCUT2D eigenvalue weighted by Crippen LogP contribution is 2.22. The highest BCUT2D eigenvalue weighted by Gasteiger charge is 2.16. The molecule has 5 heteroatoms. The third-order valence-corrected chi connectivity index (χ3v) is 3.42. The van der Waals surface area contributed by atoms with Crippen molar-refractivity contribution in [3.8, 4) is 0 Å². The van der Waals surface area contributed by atoms with Crippen LogP contribution in [0.4, 0.5) is 0 Å². The molecule has 0 amide bonds. The van der Waals surface area contributed by atoms with E-state index in [4.69, 9.17) is 9.84 Å². The lowest BCUT2D eigenvalue weighted by molar-refractivity contribution is 0.0206. The van der Waals surface area contributed by atoms with Gasteiger partial charge < -0.3 is 9.84 Å². The van der Waals surface area contributed by atoms with Gasteiger partial charge in [0.15, 0.2) is 0 Å². The van der Waals surface area contributed by atoms with E-state index >= 15 is 0 Å². The Balaban J connectivity index is 2.52. The molecule has 0 atom stereocenters. The van der Waals surface area contributed by atoms with Crippen molar-refractivity contribution in [1.82, 2.24) is 4.98 Å². The van der Waals surface area contributed by atoms with E-state index in [1.165, 1.54) is 24.0 Å². The van der Waals surface area contributed by atoms with E-state index in [0.29, 0.717) is 0 Å². The average Bonchev–Trinajstić information content (AvgIpc) is 2.29. The number of aromatic nitrogens is 1. The first-order valence-corrected chi connectivity index (χ1v) is 6.30. The van der Waals surface area contributed by atoms with Gasteiger partial charge in [-0.15, -0.1) is 11.8 Å². The highest BCUT2D eigenvalue weighted by molar-refractivity contribution is 7.99. The minimum absolute atomic E-state index is 0.155. The van der Waals surface area contributed by atoms with E-state index < -0.39 is 5.97 Å². The number of nitrogens with zero attached hydrogens (tertiary/aromatic N) is 1. The van der Waals surface area contributed by atoms with Gasteiger partial charge in [-0.05, 0) is 32.4 Å². The first-order chi connectivity index (χ1) is 7.94. The normalized spacial score (nSPS) is 11.5. The van der Waals surface area contributed by atoms with E-state index in [1.807, 2.05) is 13.8 Å². The number of aromatic carboxylic acids is 1. The molecule has 1 heterocycles.